The molecule has 2 rings (SSSR count). The second kappa shape index (κ2) is 8.38. The summed E-state index contributed by atoms with van der Waals surface area (Å²) in [5.74, 6) is 0. The van der Waals surface area contributed by atoms with Crippen LogP contribution in [0.15, 0.2) is 0 Å². The first-order valence-corrected chi connectivity index (χ1v) is 7.25. The van der Waals surface area contributed by atoms with Gasteiger partial charge in [-0.1, -0.05) is 6.42 Å². The zero-order valence-electron chi connectivity index (χ0n) is 7.47. The van der Waals surface area contributed by atoms with Crippen molar-refractivity contribution in [1.82, 2.24) is 0 Å². The van der Waals surface area contributed by atoms with Crippen molar-refractivity contribution in [2.75, 3.05) is 25.1 Å². The molecule has 2 fully saturated rings. The van der Waals surface area contributed by atoms with E-state index in [-0.39, 0.29) is 0 Å². The van der Waals surface area contributed by atoms with Crippen molar-refractivity contribution >= 4 is 17.4 Å². The third kappa shape index (κ3) is 6.31. The Kier molecular flexibility index (Phi) is 7.58. The number of hydrogen-bond donors (Lipinski definition) is 0. The standard InChI is InChI=1S/C5H11P.C3H7O2P/c1-2-4-6-5-3-1;1-2-4-5-6-3-1/h6H,1-5H2;6H,1-3H2. The summed E-state index contributed by atoms with van der Waals surface area (Å²) < 4.78 is 4.60. The molecule has 1 unspecified atom stereocenters. The Morgan fingerprint density at radius 1 is 0.833 bits per heavy atom. The summed E-state index contributed by atoms with van der Waals surface area (Å²) in [6, 6.07) is 0. The molecule has 0 saturated carbocycles. The fourth-order valence-electron chi connectivity index (χ4n) is 1.13. The summed E-state index contributed by atoms with van der Waals surface area (Å²) in [5.41, 5.74) is 0. The molecule has 0 N–H and O–H groups in total. The number of rotatable bonds is 0. The molecule has 2 heterocycles. The first-order valence-electron chi connectivity index (χ1n) is 4.72. The molecule has 0 aromatic heterocycles. The van der Waals surface area contributed by atoms with Crippen LogP contribution in [0.1, 0.15) is 25.7 Å². The summed E-state index contributed by atoms with van der Waals surface area (Å²) in [6.07, 6.45) is 9.93. The Morgan fingerprint density at radius 3 is 1.83 bits per heavy atom. The summed E-state index contributed by atoms with van der Waals surface area (Å²) in [7, 11) is 1.88. The minimum Gasteiger partial charge on any atom is -0.234 e. The highest BCUT2D eigenvalue weighted by Gasteiger charge is 1.96. The van der Waals surface area contributed by atoms with Crippen molar-refractivity contribution in [3.05, 3.63) is 0 Å². The monoisotopic (exact) mass is 208 g/mol. The first kappa shape index (κ1) is 10.9. The Labute approximate surface area is 78.4 Å². The average Bonchev–Trinajstić information content (AvgIpc) is 2.24. The molecule has 0 radical (unpaired) electrons. The topological polar surface area (TPSA) is 18.5 Å². The van der Waals surface area contributed by atoms with Crippen molar-refractivity contribution in [2.24, 2.45) is 0 Å². The second-order valence-electron chi connectivity index (χ2n) is 2.96. The van der Waals surface area contributed by atoms with Crippen LogP contribution < -0.4 is 0 Å². The third-order valence-electron chi connectivity index (χ3n) is 1.83. The molecular formula is C8H18O2P2. The minimum absolute atomic E-state index is 0.579. The summed E-state index contributed by atoms with van der Waals surface area (Å²) in [4.78, 5) is 4.58. The molecule has 2 nitrogen and oxygen atoms in total. The predicted molar refractivity (Wildman–Crippen MR) is 56.7 cm³/mol. The lowest BCUT2D eigenvalue weighted by Crippen LogP contribution is -1.98. The highest BCUT2D eigenvalue weighted by Crippen LogP contribution is 2.21. The van der Waals surface area contributed by atoms with Gasteiger partial charge in [0.05, 0.1) is 15.4 Å². The van der Waals surface area contributed by atoms with Gasteiger partial charge in [-0.3, -0.25) is 0 Å². The molecule has 0 aromatic rings. The molecule has 2 aliphatic rings. The molecular weight excluding hydrogens is 190 g/mol. The van der Waals surface area contributed by atoms with E-state index in [4.69, 9.17) is 0 Å². The summed E-state index contributed by atoms with van der Waals surface area (Å²) in [6.45, 7) is 0.785. The lowest BCUT2D eigenvalue weighted by molar-refractivity contribution is -0.202. The van der Waals surface area contributed by atoms with E-state index in [9.17, 15) is 0 Å². The largest absolute Gasteiger partial charge is 0.234 e. The lowest BCUT2D eigenvalue weighted by Gasteiger charge is -2.07. The van der Waals surface area contributed by atoms with Crippen molar-refractivity contribution in [3.8, 4) is 0 Å². The number of hydrogen-bond acceptors (Lipinski definition) is 2. The van der Waals surface area contributed by atoms with Crippen molar-refractivity contribution in [2.45, 2.75) is 25.7 Å². The van der Waals surface area contributed by atoms with E-state index in [1.54, 1.807) is 0 Å². The van der Waals surface area contributed by atoms with E-state index < -0.39 is 0 Å². The van der Waals surface area contributed by atoms with Crippen molar-refractivity contribution in [1.29, 1.82) is 0 Å². The van der Waals surface area contributed by atoms with Crippen LogP contribution >= 0.6 is 17.4 Å². The predicted octanol–water partition coefficient (Wildman–Crippen LogP) is 2.78. The molecule has 4 heteroatoms. The Balaban J connectivity index is 0.000000120. The van der Waals surface area contributed by atoms with Gasteiger partial charge in [-0.05, 0) is 37.7 Å². The van der Waals surface area contributed by atoms with Crippen LogP contribution in [0.2, 0.25) is 0 Å². The minimum atomic E-state index is 0.579. The van der Waals surface area contributed by atoms with Crippen LogP contribution in [0, 0.1) is 0 Å². The first-order chi connectivity index (χ1) is 6.00. The average molecular weight is 208 g/mol. The Bertz CT molecular complexity index is 58.0. The van der Waals surface area contributed by atoms with Crippen LogP contribution in [0.3, 0.4) is 0 Å². The van der Waals surface area contributed by atoms with Gasteiger partial charge in [0, 0.05) is 0 Å². The zero-order chi connectivity index (χ0) is 8.49. The van der Waals surface area contributed by atoms with Gasteiger partial charge in [0.25, 0.3) is 0 Å². The van der Waals surface area contributed by atoms with Crippen molar-refractivity contribution in [3.63, 3.8) is 0 Å². The highest BCUT2D eigenvalue weighted by atomic mass is 31.1. The van der Waals surface area contributed by atoms with Gasteiger partial charge in [0.2, 0.25) is 0 Å². The molecule has 0 bridgehead atoms. The molecule has 1 atom stereocenters. The molecule has 0 amide bonds. The zero-order valence-corrected chi connectivity index (χ0v) is 9.47. The van der Waals surface area contributed by atoms with E-state index in [0.29, 0.717) is 8.81 Å². The van der Waals surface area contributed by atoms with Crippen LogP contribution in [0.25, 0.3) is 0 Å². The van der Waals surface area contributed by atoms with E-state index in [1.165, 1.54) is 52.7 Å². The van der Waals surface area contributed by atoms with E-state index in [0.717, 1.165) is 6.61 Å². The maximum atomic E-state index is 4.60. The van der Waals surface area contributed by atoms with Crippen LogP contribution in [0.5, 0.6) is 0 Å². The van der Waals surface area contributed by atoms with Gasteiger partial charge in [-0.2, -0.15) is 0 Å². The molecule has 0 aromatic carbocycles. The van der Waals surface area contributed by atoms with Crippen molar-refractivity contribution < 1.29 is 9.56 Å². The normalized spacial score (nSPS) is 26.0. The van der Waals surface area contributed by atoms with E-state index in [2.05, 4.69) is 9.56 Å². The maximum absolute atomic E-state index is 4.60. The molecule has 0 aliphatic carbocycles. The molecule has 12 heavy (non-hydrogen) atoms. The summed E-state index contributed by atoms with van der Waals surface area (Å²) >= 11 is 0. The fourth-order valence-corrected chi connectivity index (χ4v) is 2.92. The van der Waals surface area contributed by atoms with Gasteiger partial charge in [0.15, 0.2) is 0 Å². The van der Waals surface area contributed by atoms with Gasteiger partial charge < -0.3 is 0 Å². The maximum Gasteiger partial charge on any atom is 0.0829 e. The van der Waals surface area contributed by atoms with E-state index >= 15 is 0 Å². The molecule has 0 spiro atoms. The SMILES string of the molecule is C1CCPCC1.C1COOPC1. The molecule has 2 aliphatic heterocycles. The van der Waals surface area contributed by atoms with Gasteiger partial charge >= 0.3 is 0 Å². The van der Waals surface area contributed by atoms with Gasteiger partial charge in [-0.15, -0.1) is 8.58 Å². The second-order valence-corrected chi connectivity index (χ2v) is 5.42. The lowest BCUT2D eigenvalue weighted by atomic mass is 10.3. The van der Waals surface area contributed by atoms with Gasteiger partial charge in [0.1, 0.15) is 0 Å². The molecule has 72 valence electrons. The van der Waals surface area contributed by atoms with Gasteiger partial charge in [-0.25, -0.2) is 9.56 Å². The van der Waals surface area contributed by atoms with Crippen LogP contribution in [-0.2, 0) is 9.56 Å². The van der Waals surface area contributed by atoms with Crippen LogP contribution in [0.4, 0.5) is 0 Å². The third-order valence-corrected chi connectivity index (χ3v) is 4.04. The van der Waals surface area contributed by atoms with Crippen LogP contribution in [-0.4, -0.2) is 25.1 Å². The van der Waals surface area contributed by atoms with E-state index in [1.807, 2.05) is 0 Å². The summed E-state index contributed by atoms with van der Waals surface area (Å²) in [5, 5.41) is 0. The Hall–Kier alpha value is 0.780. The quantitative estimate of drug-likeness (QED) is 0.450. The fraction of sp³-hybridized carbons (Fsp3) is 1.00. The Morgan fingerprint density at radius 2 is 1.67 bits per heavy atom. The highest BCUT2D eigenvalue weighted by molar-refractivity contribution is 7.38. The molecule has 2 saturated heterocycles. The smallest absolute Gasteiger partial charge is 0.0829 e.